The molecule has 0 aliphatic heterocycles. The van der Waals surface area contributed by atoms with Crippen molar-refractivity contribution in [3.8, 4) is 6.07 Å². The summed E-state index contributed by atoms with van der Waals surface area (Å²) in [5.74, 6) is -0.758. The fourth-order valence-corrected chi connectivity index (χ4v) is 1.54. The molecule has 0 aliphatic carbocycles. The van der Waals surface area contributed by atoms with E-state index in [4.69, 9.17) is 10.00 Å². The molecule has 18 heavy (non-hydrogen) atoms. The van der Waals surface area contributed by atoms with E-state index in [1.807, 2.05) is 6.07 Å². The lowest BCUT2D eigenvalue weighted by Gasteiger charge is -2.10. The van der Waals surface area contributed by atoms with Crippen LogP contribution in [0.2, 0.25) is 0 Å². The second kappa shape index (κ2) is 6.70. The van der Waals surface area contributed by atoms with Crippen LogP contribution < -0.4 is 0 Å². The number of nitrogens with zero attached hydrogens (tertiary/aromatic N) is 1. The van der Waals surface area contributed by atoms with Crippen molar-refractivity contribution in [2.75, 3.05) is 6.61 Å². The standard InChI is InChI=1S/C13H13F2NO2/c1-2-18-13(17)11-8-9(4-3-7-16)5-6-10(11)12(14)15/h5-6,8,12H,2-4H2,1H3. The third-order valence-electron chi connectivity index (χ3n) is 2.37. The second-order valence-electron chi connectivity index (χ2n) is 3.60. The molecule has 5 heteroatoms. The van der Waals surface area contributed by atoms with E-state index in [2.05, 4.69) is 0 Å². The monoisotopic (exact) mass is 253 g/mol. The molecule has 1 aromatic rings. The summed E-state index contributed by atoms with van der Waals surface area (Å²) in [5.41, 5.74) is 0.209. The van der Waals surface area contributed by atoms with Gasteiger partial charge in [0.15, 0.2) is 0 Å². The topological polar surface area (TPSA) is 50.1 Å². The maximum Gasteiger partial charge on any atom is 0.338 e. The molecule has 0 saturated carbocycles. The molecule has 0 unspecified atom stereocenters. The highest BCUT2D eigenvalue weighted by Crippen LogP contribution is 2.25. The number of hydrogen-bond acceptors (Lipinski definition) is 3. The van der Waals surface area contributed by atoms with Gasteiger partial charge in [-0.1, -0.05) is 12.1 Å². The summed E-state index contributed by atoms with van der Waals surface area (Å²) >= 11 is 0. The molecule has 0 aromatic heterocycles. The summed E-state index contributed by atoms with van der Waals surface area (Å²) in [6.07, 6.45) is -2.03. The van der Waals surface area contributed by atoms with E-state index in [-0.39, 0.29) is 24.2 Å². The van der Waals surface area contributed by atoms with Crippen LogP contribution in [0.1, 0.15) is 41.3 Å². The molecule has 0 radical (unpaired) electrons. The Balaban J connectivity index is 3.08. The average Bonchev–Trinajstić information content (AvgIpc) is 2.36. The number of carbonyl (C=O) groups is 1. The van der Waals surface area contributed by atoms with Crippen molar-refractivity contribution in [3.63, 3.8) is 0 Å². The summed E-state index contributed by atoms with van der Waals surface area (Å²) in [6, 6.07) is 6.05. The smallest absolute Gasteiger partial charge is 0.338 e. The summed E-state index contributed by atoms with van der Waals surface area (Å²) < 4.78 is 30.2. The number of ether oxygens (including phenoxy) is 1. The Morgan fingerprint density at radius 3 is 2.78 bits per heavy atom. The number of carbonyl (C=O) groups excluding carboxylic acids is 1. The fourth-order valence-electron chi connectivity index (χ4n) is 1.54. The van der Waals surface area contributed by atoms with Gasteiger partial charge < -0.3 is 4.74 Å². The number of halogens is 2. The van der Waals surface area contributed by atoms with E-state index in [0.29, 0.717) is 12.0 Å². The van der Waals surface area contributed by atoms with Crippen LogP contribution in [0, 0.1) is 11.3 Å². The average molecular weight is 253 g/mol. The Morgan fingerprint density at radius 2 is 2.22 bits per heavy atom. The Labute approximate surface area is 104 Å². The van der Waals surface area contributed by atoms with Gasteiger partial charge in [0.25, 0.3) is 6.43 Å². The molecule has 0 fully saturated rings. The van der Waals surface area contributed by atoms with Gasteiger partial charge in [0, 0.05) is 12.0 Å². The van der Waals surface area contributed by atoms with E-state index in [0.717, 1.165) is 0 Å². The van der Waals surface area contributed by atoms with Crippen LogP contribution in [0.5, 0.6) is 0 Å². The molecule has 0 spiro atoms. The number of benzene rings is 1. The molecule has 0 N–H and O–H groups in total. The van der Waals surface area contributed by atoms with Gasteiger partial charge in [-0.25, -0.2) is 13.6 Å². The van der Waals surface area contributed by atoms with E-state index >= 15 is 0 Å². The van der Waals surface area contributed by atoms with Crippen molar-refractivity contribution in [1.29, 1.82) is 5.26 Å². The summed E-state index contributed by atoms with van der Waals surface area (Å²) in [6.45, 7) is 1.74. The second-order valence-corrected chi connectivity index (χ2v) is 3.60. The summed E-state index contributed by atoms with van der Waals surface area (Å²) in [4.78, 5) is 11.6. The van der Waals surface area contributed by atoms with Crippen molar-refractivity contribution in [2.45, 2.75) is 26.2 Å². The Morgan fingerprint density at radius 1 is 1.50 bits per heavy atom. The molecule has 1 rings (SSSR count). The first-order chi connectivity index (χ1) is 8.60. The number of aryl methyl sites for hydroxylation is 1. The third-order valence-corrected chi connectivity index (χ3v) is 2.37. The maximum atomic E-state index is 12.8. The first-order valence-corrected chi connectivity index (χ1v) is 5.55. The maximum absolute atomic E-state index is 12.8. The number of nitriles is 1. The predicted octanol–water partition coefficient (Wildman–Crippen LogP) is 3.26. The minimum atomic E-state index is -2.73. The number of hydrogen-bond donors (Lipinski definition) is 0. The van der Waals surface area contributed by atoms with E-state index in [1.165, 1.54) is 18.2 Å². The van der Waals surface area contributed by atoms with Crippen molar-refractivity contribution < 1.29 is 18.3 Å². The van der Waals surface area contributed by atoms with E-state index in [1.54, 1.807) is 6.92 Å². The molecular weight excluding hydrogens is 240 g/mol. The van der Waals surface area contributed by atoms with E-state index < -0.39 is 12.4 Å². The third kappa shape index (κ3) is 3.52. The molecule has 0 saturated heterocycles. The molecule has 1 aromatic carbocycles. The van der Waals surface area contributed by atoms with Crippen molar-refractivity contribution in [2.24, 2.45) is 0 Å². The lowest BCUT2D eigenvalue weighted by molar-refractivity contribution is 0.0515. The van der Waals surface area contributed by atoms with Gasteiger partial charge in [-0.05, 0) is 25.0 Å². The zero-order valence-electron chi connectivity index (χ0n) is 9.95. The Hall–Kier alpha value is -1.96. The van der Waals surface area contributed by atoms with Crippen LogP contribution in [-0.4, -0.2) is 12.6 Å². The molecule has 0 bridgehead atoms. The summed E-state index contributed by atoms with van der Waals surface area (Å²) in [5, 5.41) is 8.47. The predicted molar refractivity (Wildman–Crippen MR) is 61.3 cm³/mol. The summed E-state index contributed by atoms with van der Waals surface area (Å²) in [7, 11) is 0. The zero-order chi connectivity index (χ0) is 13.5. The lowest BCUT2D eigenvalue weighted by atomic mass is 10.0. The van der Waals surface area contributed by atoms with Gasteiger partial charge in [-0.2, -0.15) is 5.26 Å². The highest BCUT2D eigenvalue weighted by Gasteiger charge is 2.19. The molecule has 96 valence electrons. The van der Waals surface area contributed by atoms with Gasteiger partial charge in [0.05, 0.1) is 18.2 Å². The highest BCUT2D eigenvalue weighted by molar-refractivity contribution is 5.91. The van der Waals surface area contributed by atoms with Crippen LogP contribution in [0.3, 0.4) is 0 Å². The number of alkyl halides is 2. The van der Waals surface area contributed by atoms with Gasteiger partial charge in [0.2, 0.25) is 0 Å². The van der Waals surface area contributed by atoms with Crippen LogP contribution in [0.4, 0.5) is 8.78 Å². The minimum Gasteiger partial charge on any atom is -0.462 e. The van der Waals surface area contributed by atoms with Crippen LogP contribution in [0.15, 0.2) is 18.2 Å². The molecule has 0 aliphatic rings. The molecule has 0 amide bonds. The zero-order valence-corrected chi connectivity index (χ0v) is 9.95. The Bertz CT molecular complexity index is 467. The molecule has 3 nitrogen and oxygen atoms in total. The molecule has 0 atom stereocenters. The van der Waals surface area contributed by atoms with E-state index in [9.17, 15) is 13.6 Å². The lowest BCUT2D eigenvalue weighted by Crippen LogP contribution is -2.09. The minimum absolute atomic E-state index is 0.123. The quantitative estimate of drug-likeness (QED) is 0.757. The van der Waals surface area contributed by atoms with Crippen molar-refractivity contribution in [1.82, 2.24) is 0 Å². The highest BCUT2D eigenvalue weighted by atomic mass is 19.3. The first-order valence-electron chi connectivity index (χ1n) is 5.55. The van der Waals surface area contributed by atoms with Gasteiger partial charge in [0.1, 0.15) is 0 Å². The van der Waals surface area contributed by atoms with Gasteiger partial charge in [-0.3, -0.25) is 0 Å². The fraction of sp³-hybridized carbons (Fsp3) is 0.385. The van der Waals surface area contributed by atoms with Crippen LogP contribution in [0.25, 0.3) is 0 Å². The number of esters is 1. The molecule has 0 heterocycles. The van der Waals surface area contributed by atoms with Gasteiger partial charge >= 0.3 is 5.97 Å². The van der Waals surface area contributed by atoms with Gasteiger partial charge in [-0.15, -0.1) is 0 Å². The first kappa shape index (κ1) is 14.1. The van der Waals surface area contributed by atoms with Crippen molar-refractivity contribution in [3.05, 3.63) is 34.9 Å². The van der Waals surface area contributed by atoms with Crippen LogP contribution >= 0.6 is 0 Å². The van der Waals surface area contributed by atoms with Crippen molar-refractivity contribution >= 4 is 5.97 Å². The molecular formula is C13H13F2NO2. The normalized spacial score (nSPS) is 10.2. The largest absolute Gasteiger partial charge is 0.462 e. The SMILES string of the molecule is CCOC(=O)c1cc(CCC#N)ccc1C(F)F. The number of rotatable bonds is 5. The Kier molecular flexibility index (Phi) is 5.25. The van der Waals surface area contributed by atoms with Crippen LogP contribution in [-0.2, 0) is 11.2 Å².